The van der Waals surface area contributed by atoms with E-state index in [-0.39, 0.29) is 24.0 Å². The standard InChI is InChI=1S/C23H25ClN4O.HI/c1-25-23(27-14-12-18-8-10-20(24)11-9-18)28-16-19-5-4-7-22(15-19)29-17-21-6-2-3-13-26-21;/h2-11,13,15H,12,14,16-17H2,1H3,(H2,25,27,28);1H. The summed E-state index contributed by atoms with van der Waals surface area (Å²) in [6, 6.07) is 21.7. The van der Waals surface area contributed by atoms with E-state index in [0.29, 0.717) is 13.2 Å². The van der Waals surface area contributed by atoms with Gasteiger partial charge in [0.15, 0.2) is 5.96 Å². The van der Waals surface area contributed by atoms with Crippen LogP contribution in [0.15, 0.2) is 77.9 Å². The van der Waals surface area contributed by atoms with Crippen molar-refractivity contribution >= 4 is 41.5 Å². The van der Waals surface area contributed by atoms with Crippen LogP contribution >= 0.6 is 35.6 Å². The Balaban J connectivity index is 0.00000320. The summed E-state index contributed by atoms with van der Waals surface area (Å²) in [7, 11) is 1.77. The first-order valence-corrected chi connectivity index (χ1v) is 9.91. The van der Waals surface area contributed by atoms with E-state index < -0.39 is 0 Å². The summed E-state index contributed by atoms with van der Waals surface area (Å²) in [5.74, 6) is 1.58. The minimum Gasteiger partial charge on any atom is -0.487 e. The van der Waals surface area contributed by atoms with E-state index in [9.17, 15) is 0 Å². The predicted octanol–water partition coefficient (Wildman–Crippen LogP) is 4.84. The minimum absolute atomic E-state index is 0. The second-order valence-electron chi connectivity index (χ2n) is 6.49. The normalized spacial score (nSPS) is 10.8. The molecule has 158 valence electrons. The first-order valence-electron chi connectivity index (χ1n) is 9.53. The van der Waals surface area contributed by atoms with E-state index >= 15 is 0 Å². The van der Waals surface area contributed by atoms with Crippen LogP contribution in [0.1, 0.15) is 16.8 Å². The van der Waals surface area contributed by atoms with Gasteiger partial charge in [-0.1, -0.05) is 41.9 Å². The summed E-state index contributed by atoms with van der Waals surface area (Å²) in [4.78, 5) is 8.55. The first-order chi connectivity index (χ1) is 14.2. The molecule has 0 spiro atoms. The van der Waals surface area contributed by atoms with Gasteiger partial charge in [0.1, 0.15) is 12.4 Å². The van der Waals surface area contributed by atoms with Crippen LogP contribution in [0.4, 0.5) is 0 Å². The number of ether oxygens (including phenoxy) is 1. The number of nitrogens with one attached hydrogen (secondary N) is 2. The van der Waals surface area contributed by atoms with Crippen molar-refractivity contribution in [1.29, 1.82) is 0 Å². The zero-order chi connectivity index (χ0) is 20.3. The number of aliphatic imine (C=N–C) groups is 1. The summed E-state index contributed by atoms with van der Waals surface area (Å²) >= 11 is 5.92. The van der Waals surface area contributed by atoms with Gasteiger partial charge in [-0.2, -0.15) is 0 Å². The van der Waals surface area contributed by atoms with Crippen LogP contribution in [0.3, 0.4) is 0 Å². The molecule has 0 aliphatic heterocycles. The number of aromatic nitrogens is 1. The fourth-order valence-electron chi connectivity index (χ4n) is 2.77. The number of nitrogens with zero attached hydrogens (tertiary/aromatic N) is 2. The Morgan fingerprint density at radius 3 is 2.57 bits per heavy atom. The second kappa shape index (κ2) is 13.1. The molecule has 5 nitrogen and oxygen atoms in total. The van der Waals surface area contributed by atoms with Gasteiger partial charge in [-0.25, -0.2) is 0 Å². The van der Waals surface area contributed by atoms with Crippen LogP contribution in [0.5, 0.6) is 5.75 Å². The number of halogens is 2. The first kappa shape index (κ1) is 24.0. The molecule has 1 aromatic heterocycles. The Kier molecular flexibility index (Phi) is 10.4. The number of benzene rings is 2. The molecule has 2 aromatic carbocycles. The van der Waals surface area contributed by atoms with Crippen LogP contribution in [-0.4, -0.2) is 24.5 Å². The summed E-state index contributed by atoms with van der Waals surface area (Å²) in [6.45, 7) is 1.89. The highest BCUT2D eigenvalue weighted by Gasteiger charge is 2.02. The Labute approximate surface area is 200 Å². The topological polar surface area (TPSA) is 58.5 Å². The SMILES string of the molecule is CN=C(NCCc1ccc(Cl)cc1)NCc1cccc(OCc2ccccn2)c1.I. The minimum atomic E-state index is 0. The molecule has 0 aliphatic rings. The molecule has 2 N–H and O–H groups in total. The van der Waals surface area contributed by atoms with Crippen LogP contribution in [0.2, 0.25) is 5.02 Å². The van der Waals surface area contributed by atoms with Crippen molar-refractivity contribution in [3.63, 3.8) is 0 Å². The van der Waals surface area contributed by atoms with Crippen molar-refractivity contribution in [2.75, 3.05) is 13.6 Å². The molecule has 7 heteroatoms. The fraction of sp³-hybridized carbons (Fsp3) is 0.217. The zero-order valence-electron chi connectivity index (χ0n) is 16.8. The van der Waals surface area contributed by atoms with E-state index in [1.807, 2.05) is 60.7 Å². The van der Waals surface area contributed by atoms with Gasteiger partial charge in [-0.05, 0) is 53.9 Å². The van der Waals surface area contributed by atoms with Crippen LogP contribution in [-0.2, 0) is 19.6 Å². The monoisotopic (exact) mass is 536 g/mol. The molecule has 0 saturated carbocycles. The van der Waals surface area contributed by atoms with Gasteiger partial charge in [0.05, 0.1) is 5.69 Å². The molecule has 0 amide bonds. The van der Waals surface area contributed by atoms with Crippen LogP contribution in [0.25, 0.3) is 0 Å². The molecule has 30 heavy (non-hydrogen) atoms. The highest BCUT2D eigenvalue weighted by Crippen LogP contribution is 2.15. The maximum absolute atomic E-state index is 5.92. The molecule has 0 unspecified atom stereocenters. The van der Waals surface area contributed by atoms with Gasteiger partial charge in [-0.3, -0.25) is 9.98 Å². The van der Waals surface area contributed by atoms with Gasteiger partial charge >= 0.3 is 0 Å². The molecule has 3 rings (SSSR count). The number of pyridine rings is 1. The van der Waals surface area contributed by atoms with E-state index in [4.69, 9.17) is 16.3 Å². The van der Waals surface area contributed by atoms with Crippen molar-refractivity contribution in [3.05, 3.63) is 94.8 Å². The summed E-state index contributed by atoms with van der Waals surface area (Å²) in [5, 5.41) is 7.42. The molecule has 0 fully saturated rings. The van der Waals surface area contributed by atoms with E-state index in [1.54, 1.807) is 13.2 Å². The highest BCUT2D eigenvalue weighted by molar-refractivity contribution is 14.0. The van der Waals surface area contributed by atoms with Gasteiger partial charge in [0.25, 0.3) is 0 Å². The zero-order valence-corrected chi connectivity index (χ0v) is 19.9. The Morgan fingerprint density at radius 2 is 1.83 bits per heavy atom. The summed E-state index contributed by atoms with van der Waals surface area (Å²) in [6.07, 6.45) is 2.67. The van der Waals surface area contributed by atoms with Crippen molar-refractivity contribution in [2.45, 2.75) is 19.6 Å². The predicted molar refractivity (Wildman–Crippen MR) is 134 cm³/mol. The fourth-order valence-corrected chi connectivity index (χ4v) is 2.89. The molecule has 0 atom stereocenters. The molecule has 1 heterocycles. The Morgan fingerprint density at radius 1 is 1.00 bits per heavy atom. The Bertz CT molecular complexity index is 920. The van der Waals surface area contributed by atoms with E-state index in [0.717, 1.165) is 41.0 Å². The third-order valence-corrected chi connectivity index (χ3v) is 4.57. The molecule has 0 saturated heterocycles. The maximum Gasteiger partial charge on any atom is 0.191 e. The number of rotatable bonds is 8. The van der Waals surface area contributed by atoms with Crippen molar-refractivity contribution in [1.82, 2.24) is 15.6 Å². The average molecular weight is 537 g/mol. The highest BCUT2D eigenvalue weighted by atomic mass is 127. The number of hydrogen-bond donors (Lipinski definition) is 2. The lowest BCUT2D eigenvalue weighted by Gasteiger charge is -2.13. The number of guanidine groups is 1. The largest absolute Gasteiger partial charge is 0.487 e. The van der Waals surface area contributed by atoms with Gasteiger partial charge in [-0.15, -0.1) is 24.0 Å². The molecular weight excluding hydrogens is 511 g/mol. The van der Waals surface area contributed by atoms with E-state index in [1.165, 1.54) is 5.56 Å². The third kappa shape index (κ3) is 8.20. The van der Waals surface area contributed by atoms with Crippen LogP contribution in [0, 0.1) is 0 Å². The molecule has 0 radical (unpaired) electrons. The van der Waals surface area contributed by atoms with Crippen LogP contribution < -0.4 is 15.4 Å². The Hall–Kier alpha value is -2.32. The second-order valence-corrected chi connectivity index (χ2v) is 6.92. The van der Waals surface area contributed by atoms with Gasteiger partial charge in [0.2, 0.25) is 0 Å². The van der Waals surface area contributed by atoms with Gasteiger partial charge in [0, 0.05) is 31.4 Å². The lowest BCUT2D eigenvalue weighted by molar-refractivity contribution is 0.301. The summed E-state index contributed by atoms with van der Waals surface area (Å²) < 4.78 is 5.84. The smallest absolute Gasteiger partial charge is 0.191 e. The summed E-state index contributed by atoms with van der Waals surface area (Å²) in [5.41, 5.74) is 3.25. The molecular formula is C23H26ClIN4O. The van der Waals surface area contributed by atoms with E-state index in [2.05, 4.69) is 26.7 Å². The molecule has 0 bridgehead atoms. The quantitative estimate of drug-likeness (QED) is 0.246. The lowest BCUT2D eigenvalue weighted by Crippen LogP contribution is -2.37. The molecule has 3 aromatic rings. The maximum atomic E-state index is 5.92. The lowest BCUT2D eigenvalue weighted by atomic mass is 10.1. The van der Waals surface area contributed by atoms with Crippen molar-refractivity contribution in [2.24, 2.45) is 4.99 Å². The average Bonchev–Trinajstić information content (AvgIpc) is 2.77. The van der Waals surface area contributed by atoms with Gasteiger partial charge < -0.3 is 15.4 Å². The number of hydrogen-bond acceptors (Lipinski definition) is 3. The molecule has 0 aliphatic carbocycles. The van der Waals surface area contributed by atoms with Crippen molar-refractivity contribution < 1.29 is 4.74 Å². The van der Waals surface area contributed by atoms with Crippen molar-refractivity contribution in [3.8, 4) is 5.75 Å². The third-order valence-electron chi connectivity index (χ3n) is 4.31.